The van der Waals surface area contributed by atoms with E-state index in [4.69, 9.17) is 18.9 Å². The molecule has 50 heavy (non-hydrogen) atoms. The third-order valence-corrected chi connectivity index (χ3v) is 7.80. The molecule has 0 N–H and O–H groups in total. The first-order valence-electron chi connectivity index (χ1n) is 15.7. The highest BCUT2D eigenvalue weighted by molar-refractivity contribution is 6.00. The highest BCUT2D eigenvalue weighted by Gasteiger charge is 2.15. The van der Waals surface area contributed by atoms with Gasteiger partial charge in [-0.25, -0.2) is 9.59 Å². The number of Topliss-reactive ketones (excluding diaryl/α,β-unsaturated/α-hetero) is 2. The van der Waals surface area contributed by atoms with Crippen LogP contribution in [0.3, 0.4) is 0 Å². The minimum atomic E-state index is -0.559. The zero-order chi connectivity index (χ0) is 35.3. The second-order valence-corrected chi connectivity index (χ2v) is 11.0. The molecule has 0 saturated carbocycles. The molecule has 8 nitrogen and oxygen atoms in total. The van der Waals surface area contributed by atoms with Gasteiger partial charge >= 0.3 is 11.9 Å². The molecule has 0 heterocycles. The lowest BCUT2D eigenvalue weighted by molar-refractivity contribution is -0.145. The van der Waals surface area contributed by atoms with Gasteiger partial charge in [0, 0.05) is 36.1 Å². The number of ether oxygens (including phenoxy) is 4. The lowest BCUT2D eigenvalue weighted by Crippen LogP contribution is -2.09. The first kappa shape index (κ1) is 34.8. The molecule has 0 bridgehead atoms. The van der Waals surface area contributed by atoms with Crippen molar-refractivity contribution in [3.05, 3.63) is 169 Å². The maximum Gasteiger partial charge on any atom is 0.333 e. The van der Waals surface area contributed by atoms with Gasteiger partial charge in [-0.05, 0) is 57.6 Å². The van der Waals surface area contributed by atoms with Crippen LogP contribution in [0.2, 0.25) is 0 Å². The molecule has 5 rings (SSSR count). The molecule has 5 aromatic carbocycles. The normalized spacial score (nSPS) is 10.4. The van der Waals surface area contributed by atoms with Crippen molar-refractivity contribution >= 4 is 23.5 Å². The van der Waals surface area contributed by atoms with Gasteiger partial charge in [0.25, 0.3) is 0 Å². The highest BCUT2D eigenvalue weighted by Crippen LogP contribution is 2.25. The van der Waals surface area contributed by atoms with E-state index in [1.807, 2.05) is 72.8 Å². The van der Waals surface area contributed by atoms with Crippen molar-refractivity contribution in [2.24, 2.45) is 0 Å². The van der Waals surface area contributed by atoms with Crippen molar-refractivity contribution in [2.45, 2.75) is 12.8 Å². The second-order valence-electron chi connectivity index (χ2n) is 11.0. The van der Waals surface area contributed by atoms with Gasteiger partial charge in [0.1, 0.15) is 11.5 Å². The number of carbonyl (C=O) groups excluding carboxylic acids is 4. The maximum absolute atomic E-state index is 13.3. The summed E-state index contributed by atoms with van der Waals surface area (Å²) in [6.45, 7) is 6.26. The predicted molar refractivity (Wildman–Crippen MR) is 190 cm³/mol. The van der Waals surface area contributed by atoms with Crippen molar-refractivity contribution < 1.29 is 38.1 Å². The van der Waals surface area contributed by atoms with E-state index in [-0.39, 0.29) is 38.0 Å². The molecule has 0 fully saturated rings. The monoisotopic (exact) mass is 666 g/mol. The van der Waals surface area contributed by atoms with Gasteiger partial charge in [-0.3, -0.25) is 9.59 Å². The first-order valence-corrected chi connectivity index (χ1v) is 15.7. The molecule has 0 radical (unpaired) electrons. The number of esters is 2. The van der Waals surface area contributed by atoms with Crippen LogP contribution in [0.5, 0.6) is 11.5 Å². The molecule has 0 amide bonds. The lowest BCUT2D eigenvalue weighted by Gasteiger charge is -2.10. The van der Waals surface area contributed by atoms with E-state index in [0.29, 0.717) is 22.6 Å². The van der Waals surface area contributed by atoms with E-state index in [2.05, 4.69) is 13.2 Å². The number of hydrogen-bond acceptors (Lipinski definition) is 8. The lowest BCUT2D eigenvalue weighted by atomic mass is 9.93. The Labute approximate surface area is 290 Å². The minimum absolute atomic E-state index is 0.0483. The Kier molecular flexibility index (Phi) is 11.8. The molecule has 8 heteroatoms. The van der Waals surface area contributed by atoms with E-state index in [1.165, 1.54) is 0 Å². The van der Waals surface area contributed by atoms with Crippen LogP contribution in [0.15, 0.2) is 147 Å². The average molecular weight is 667 g/mol. The average Bonchev–Trinajstić information content (AvgIpc) is 3.16. The largest absolute Gasteiger partial charge is 0.457 e. The Balaban J connectivity index is 1.16. The summed E-state index contributed by atoms with van der Waals surface area (Å²) in [5.74, 6) is -0.117. The summed E-state index contributed by atoms with van der Waals surface area (Å²) in [5.41, 5.74) is 6.49. The molecule has 0 aliphatic heterocycles. The zero-order valence-corrected chi connectivity index (χ0v) is 27.2. The second kappa shape index (κ2) is 17.0. The van der Waals surface area contributed by atoms with E-state index >= 15 is 0 Å². The molecular formula is C42H34O8. The zero-order valence-electron chi connectivity index (χ0n) is 27.2. The van der Waals surface area contributed by atoms with E-state index < -0.39 is 11.9 Å². The number of benzene rings is 5. The Bertz CT molecular complexity index is 1830. The molecular weight excluding hydrogens is 632 g/mol. The number of rotatable bonds is 16. The quantitative estimate of drug-likeness (QED) is 0.0452. The van der Waals surface area contributed by atoms with Crippen LogP contribution in [0.4, 0.5) is 0 Å². The van der Waals surface area contributed by atoms with Crippen LogP contribution in [0, 0.1) is 0 Å². The SMILES string of the molecule is C=CC(=O)OCOc1ccc(-c2ccc(C(=O)Cc3ccccc3CC(=O)c3ccc(-c4ccc(OCOC(=O)C=C)cc4)cc3)cc2)cc1. The summed E-state index contributed by atoms with van der Waals surface area (Å²) in [6.07, 6.45) is 2.47. The molecule has 5 aromatic rings. The van der Waals surface area contributed by atoms with E-state index in [0.717, 1.165) is 45.5 Å². The van der Waals surface area contributed by atoms with Gasteiger partial charge in [0.15, 0.2) is 11.6 Å². The van der Waals surface area contributed by atoms with Crippen LogP contribution in [-0.4, -0.2) is 37.1 Å². The van der Waals surface area contributed by atoms with Gasteiger partial charge in [-0.2, -0.15) is 0 Å². The first-order chi connectivity index (χ1) is 24.3. The topological polar surface area (TPSA) is 105 Å². The molecule has 0 spiro atoms. The van der Waals surface area contributed by atoms with Crippen LogP contribution < -0.4 is 9.47 Å². The summed E-state index contributed by atoms with van der Waals surface area (Å²) < 4.78 is 20.5. The van der Waals surface area contributed by atoms with Crippen molar-refractivity contribution in [1.29, 1.82) is 0 Å². The Morgan fingerprint density at radius 3 is 1.10 bits per heavy atom. The summed E-state index contributed by atoms with van der Waals surface area (Å²) in [4.78, 5) is 48.9. The fourth-order valence-electron chi connectivity index (χ4n) is 5.07. The van der Waals surface area contributed by atoms with Crippen molar-refractivity contribution in [2.75, 3.05) is 13.6 Å². The molecule has 0 aromatic heterocycles. The van der Waals surface area contributed by atoms with Gasteiger partial charge in [-0.15, -0.1) is 0 Å². The summed E-state index contributed by atoms with van der Waals surface area (Å²) >= 11 is 0. The maximum atomic E-state index is 13.3. The van der Waals surface area contributed by atoms with Gasteiger partial charge < -0.3 is 18.9 Å². The van der Waals surface area contributed by atoms with E-state index in [9.17, 15) is 19.2 Å². The van der Waals surface area contributed by atoms with Crippen LogP contribution >= 0.6 is 0 Å². The molecule has 0 aliphatic rings. The molecule has 250 valence electrons. The van der Waals surface area contributed by atoms with Crippen molar-refractivity contribution in [3.63, 3.8) is 0 Å². The standard InChI is InChI=1S/C42H34O8/c1-3-41(45)49-27-47-37-21-17-31(18-22-37)29-9-13-33(14-10-29)39(43)25-35-7-5-6-8-36(35)26-40(44)34-15-11-30(12-16-34)32-19-23-38(24-20-32)48-28-50-42(46)4-2/h3-24H,1-2,25-28H2. The third kappa shape index (κ3) is 9.51. The smallest absolute Gasteiger partial charge is 0.333 e. The van der Waals surface area contributed by atoms with Crippen LogP contribution in [-0.2, 0) is 31.9 Å². The number of carbonyl (C=O) groups is 4. The van der Waals surface area contributed by atoms with Gasteiger partial charge in [-0.1, -0.05) is 110 Å². The Morgan fingerprint density at radius 2 is 0.780 bits per heavy atom. The fourth-order valence-corrected chi connectivity index (χ4v) is 5.07. The number of hydrogen-bond donors (Lipinski definition) is 0. The van der Waals surface area contributed by atoms with Gasteiger partial charge in [0.05, 0.1) is 0 Å². The summed E-state index contributed by atoms with van der Waals surface area (Å²) in [6, 6.07) is 36.9. The fraction of sp³-hybridized carbons (Fsp3) is 0.0952. The van der Waals surface area contributed by atoms with Crippen molar-refractivity contribution in [1.82, 2.24) is 0 Å². The van der Waals surface area contributed by atoms with Crippen LogP contribution in [0.1, 0.15) is 31.8 Å². The number of ketones is 2. The molecule has 0 unspecified atom stereocenters. The summed E-state index contributed by atoms with van der Waals surface area (Å²) in [7, 11) is 0. The summed E-state index contributed by atoms with van der Waals surface area (Å²) in [5, 5.41) is 0. The molecule has 0 aliphatic carbocycles. The third-order valence-electron chi connectivity index (χ3n) is 7.80. The Hall–Kier alpha value is -6.54. The van der Waals surface area contributed by atoms with Crippen LogP contribution in [0.25, 0.3) is 22.3 Å². The predicted octanol–water partition coefficient (Wildman–Crippen LogP) is 8.00. The Morgan fingerprint density at radius 1 is 0.460 bits per heavy atom. The molecule has 0 atom stereocenters. The van der Waals surface area contributed by atoms with Gasteiger partial charge in [0.2, 0.25) is 13.6 Å². The van der Waals surface area contributed by atoms with E-state index in [1.54, 1.807) is 48.5 Å². The molecule has 0 saturated heterocycles. The highest BCUT2D eigenvalue weighted by atomic mass is 16.7. The van der Waals surface area contributed by atoms with Crippen molar-refractivity contribution in [3.8, 4) is 33.8 Å². The minimum Gasteiger partial charge on any atom is -0.457 e.